The normalized spacial score (nSPS) is 12.4. The molecule has 0 saturated carbocycles. The molecule has 11 rings (SSSR count). The Balaban J connectivity index is 1.42. The fourth-order valence-corrected chi connectivity index (χ4v) is 9.05. The molecule has 1 heterocycles. The lowest BCUT2D eigenvalue weighted by molar-refractivity contribution is 1.32. The molecule has 0 spiro atoms. The molecular weight excluding hydrogens is 579 g/mol. The molecule has 1 aromatic heterocycles. The first kappa shape index (κ1) is 26.1. The topological polar surface area (TPSA) is 12.9 Å². The minimum atomic E-state index is 1.03. The van der Waals surface area contributed by atoms with Crippen LogP contribution in [-0.4, -0.2) is 4.98 Å². The Morgan fingerprint density at radius 3 is 1.79 bits per heavy atom. The highest BCUT2D eigenvalue weighted by molar-refractivity contribution is 6.45. The Labute approximate surface area is 277 Å². The smallest absolute Gasteiger partial charge is 0.0710 e. The van der Waals surface area contributed by atoms with Crippen molar-refractivity contribution in [3.8, 4) is 22.4 Å². The molecule has 0 aliphatic carbocycles. The number of rotatable bonds is 2. The largest absolute Gasteiger partial charge is 0.256 e. The number of pyridine rings is 1. The van der Waals surface area contributed by atoms with E-state index in [1.54, 1.807) is 0 Å². The molecule has 11 aromatic rings. The fourth-order valence-electron chi connectivity index (χ4n) is 9.05. The van der Waals surface area contributed by atoms with E-state index < -0.39 is 0 Å². The number of fused-ring (bicyclic) bond motifs is 10. The number of hydrogen-bond acceptors (Lipinski definition) is 1. The van der Waals surface area contributed by atoms with Gasteiger partial charge in [-0.2, -0.15) is 0 Å². The zero-order valence-electron chi connectivity index (χ0n) is 26.7. The van der Waals surface area contributed by atoms with Crippen molar-refractivity contribution < 1.29 is 0 Å². The van der Waals surface area contributed by atoms with Crippen LogP contribution in [0.3, 0.4) is 0 Å². The van der Waals surface area contributed by atoms with E-state index in [1.807, 2.05) is 12.3 Å². The minimum absolute atomic E-state index is 1.03. The number of nitrogens with zero attached hydrogens (tertiary/aromatic N) is 1. The Morgan fingerprint density at radius 2 is 1.00 bits per heavy atom. The lowest BCUT2D eigenvalue weighted by Gasteiger charge is -2.15. The third kappa shape index (κ3) is 3.28. The van der Waals surface area contributed by atoms with Gasteiger partial charge in [-0.25, -0.2) is 0 Å². The summed E-state index contributed by atoms with van der Waals surface area (Å²) in [5.41, 5.74) is 7.37. The lowest BCUT2D eigenvalue weighted by Crippen LogP contribution is -1.90. The van der Waals surface area contributed by atoms with Crippen molar-refractivity contribution in [1.82, 2.24) is 4.98 Å². The molecule has 1 nitrogen and oxygen atoms in total. The van der Waals surface area contributed by atoms with Gasteiger partial charge >= 0.3 is 0 Å². The molecule has 1 heteroatoms. The first-order valence-corrected chi connectivity index (χ1v) is 16.8. The summed E-state index contributed by atoms with van der Waals surface area (Å²) in [7, 11) is 0. The van der Waals surface area contributed by atoms with Crippen LogP contribution in [0.2, 0.25) is 0 Å². The SMILES string of the molecule is Cc1cc2c(-c3ccccn3)c(C)cc3c4cc5c(cc4c(c1)c23)c(-c1ccccc1)c1c2ccccc2c2c3ccccc3cc5c12. The van der Waals surface area contributed by atoms with Gasteiger partial charge in [0.05, 0.1) is 5.69 Å². The van der Waals surface area contributed by atoms with Crippen LogP contribution in [-0.2, 0) is 0 Å². The van der Waals surface area contributed by atoms with Crippen molar-refractivity contribution in [3.05, 3.63) is 151 Å². The molecule has 0 atom stereocenters. The van der Waals surface area contributed by atoms with Gasteiger partial charge in [-0.15, -0.1) is 0 Å². The van der Waals surface area contributed by atoms with Crippen LogP contribution >= 0.6 is 0 Å². The van der Waals surface area contributed by atoms with Gasteiger partial charge in [0.15, 0.2) is 0 Å². The molecule has 48 heavy (non-hydrogen) atoms. The summed E-state index contributed by atoms with van der Waals surface area (Å²) in [6, 6.07) is 49.9. The number of aromatic nitrogens is 1. The van der Waals surface area contributed by atoms with Crippen molar-refractivity contribution in [2.24, 2.45) is 0 Å². The van der Waals surface area contributed by atoms with Gasteiger partial charge < -0.3 is 0 Å². The van der Waals surface area contributed by atoms with Gasteiger partial charge in [-0.3, -0.25) is 4.98 Å². The lowest BCUT2D eigenvalue weighted by atomic mass is 9.87. The van der Waals surface area contributed by atoms with Crippen LogP contribution in [0, 0.1) is 13.8 Å². The molecule has 0 N–H and O–H groups in total. The zero-order chi connectivity index (χ0) is 31.7. The third-order valence-corrected chi connectivity index (χ3v) is 10.9. The van der Waals surface area contributed by atoms with Crippen LogP contribution in [0.1, 0.15) is 11.1 Å². The molecule has 0 saturated heterocycles. The summed E-state index contributed by atoms with van der Waals surface area (Å²) in [6.07, 6.45) is 1.90. The second kappa shape index (κ2) is 9.27. The highest BCUT2D eigenvalue weighted by Crippen LogP contribution is 2.52. The van der Waals surface area contributed by atoms with E-state index in [0.717, 1.165) is 5.69 Å². The van der Waals surface area contributed by atoms with E-state index in [4.69, 9.17) is 4.98 Å². The van der Waals surface area contributed by atoms with Crippen LogP contribution in [0.5, 0.6) is 0 Å². The second-order valence-electron chi connectivity index (χ2n) is 13.6. The maximum Gasteiger partial charge on any atom is 0.0710 e. The van der Waals surface area contributed by atoms with Gasteiger partial charge in [0.2, 0.25) is 0 Å². The summed E-state index contributed by atoms with van der Waals surface area (Å²) in [5, 5.41) is 21.2. The van der Waals surface area contributed by atoms with Gasteiger partial charge in [0, 0.05) is 11.8 Å². The highest BCUT2D eigenvalue weighted by atomic mass is 14.7. The van der Waals surface area contributed by atoms with E-state index in [2.05, 4.69) is 141 Å². The van der Waals surface area contributed by atoms with E-state index in [9.17, 15) is 0 Å². The molecule has 0 amide bonds. The van der Waals surface area contributed by atoms with Crippen LogP contribution in [0.15, 0.2) is 140 Å². The average molecular weight is 608 g/mol. The van der Waals surface area contributed by atoms with Gasteiger partial charge in [0.25, 0.3) is 0 Å². The van der Waals surface area contributed by atoms with Crippen molar-refractivity contribution in [1.29, 1.82) is 0 Å². The molecule has 10 aromatic carbocycles. The molecular formula is C47H29N. The maximum atomic E-state index is 4.81. The standard InChI is InChI=1S/C47H29N/c1-26-20-36-34-25-39-35(24-33(34)37-22-27(2)42(40(21-26)44(36)37)41-18-10-11-19-48-41)38-23-29-14-6-7-15-30(29)45-31-16-8-9-17-32(31)46(47(38)45)43(39)28-12-4-3-5-13-28/h3-25H,1-2H3. The van der Waals surface area contributed by atoms with Crippen molar-refractivity contribution in [2.45, 2.75) is 13.8 Å². The first-order chi connectivity index (χ1) is 23.7. The van der Waals surface area contributed by atoms with E-state index in [0.29, 0.717) is 0 Å². The summed E-state index contributed by atoms with van der Waals surface area (Å²) in [5.74, 6) is 0. The van der Waals surface area contributed by atoms with E-state index >= 15 is 0 Å². The number of hydrogen-bond donors (Lipinski definition) is 0. The highest BCUT2D eigenvalue weighted by Gasteiger charge is 2.24. The Hall–Kier alpha value is -6.05. The molecule has 0 radical (unpaired) electrons. The first-order valence-electron chi connectivity index (χ1n) is 16.8. The van der Waals surface area contributed by atoms with Crippen LogP contribution in [0.25, 0.3) is 109 Å². The van der Waals surface area contributed by atoms with Crippen molar-refractivity contribution in [3.63, 3.8) is 0 Å². The predicted molar refractivity (Wildman–Crippen MR) is 207 cm³/mol. The zero-order valence-corrected chi connectivity index (χ0v) is 26.7. The molecule has 0 bridgehead atoms. The molecule has 0 unspecified atom stereocenters. The van der Waals surface area contributed by atoms with Gasteiger partial charge in [0.1, 0.15) is 0 Å². The molecule has 0 aliphatic heterocycles. The quantitative estimate of drug-likeness (QED) is 0.141. The summed E-state index contributed by atoms with van der Waals surface area (Å²) >= 11 is 0. The number of aryl methyl sites for hydroxylation is 2. The van der Waals surface area contributed by atoms with Crippen LogP contribution in [0.4, 0.5) is 0 Å². The summed E-state index contributed by atoms with van der Waals surface area (Å²) in [4.78, 5) is 4.81. The monoisotopic (exact) mass is 607 g/mol. The Bertz CT molecular complexity index is 3100. The van der Waals surface area contributed by atoms with Crippen molar-refractivity contribution in [2.75, 3.05) is 0 Å². The second-order valence-corrected chi connectivity index (χ2v) is 13.6. The minimum Gasteiger partial charge on any atom is -0.256 e. The number of benzene rings is 8. The van der Waals surface area contributed by atoms with Crippen LogP contribution < -0.4 is 0 Å². The Morgan fingerprint density at radius 1 is 0.375 bits per heavy atom. The fraction of sp³-hybridized carbons (Fsp3) is 0.0426. The summed E-state index contributed by atoms with van der Waals surface area (Å²) < 4.78 is 0. The summed E-state index contributed by atoms with van der Waals surface area (Å²) in [6.45, 7) is 4.47. The molecule has 222 valence electrons. The van der Waals surface area contributed by atoms with E-state index in [-0.39, 0.29) is 0 Å². The predicted octanol–water partition coefficient (Wildman–Crippen LogP) is 13.1. The van der Waals surface area contributed by atoms with Gasteiger partial charge in [-0.1, -0.05) is 103 Å². The molecule has 0 fully saturated rings. The maximum absolute atomic E-state index is 4.81. The Kier molecular flexibility index (Phi) is 5.04. The average Bonchev–Trinajstić information content (AvgIpc) is 3.62. The third-order valence-electron chi connectivity index (χ3n) is 10.9. The molecule has 0 aliphatic rings. The van der Waals surface area contributed by atoms with Crippen molar-refractivity contribution >= 4 is 86.2 Å². The van der Waals surface area contributed by atoms with Gasteiger partial charge in [-0.05, 0) is 153 Å². The van der Waals surface area contributed by atoms with E-state index in [1.165, 1.54) is 114 Å².